The molecule has 0 aromatic carbocycles. The minimum Gasteiger partial charge on any atom is -0.329 e. The van der Waals surface area contributed by atoms with Crippen molar-refractivity contribution in [3.8, 4) is 0 Å². The monoisotopic (exact) mass is 250 g/mol. The van der Waals surface area contributed by atoms with E-state index >= 15 is 0 Å². The van der Waals surface area contributed by atoms with E-state index in [9.17, 15) is 0 Å². The van der Waals surface area contributed by atoms with Crippen molar-refractivity contribution in [1.29, 1.82) is 0 Å². The molecule has 3 fully saturated rings. The van der Waals surface area contributed by atoms with Gasteiger partial charge in [-0.1, -0.05) is 13.3 Å². The van der Waals surface area contributed by atoms with Gasteiger partial charge in [0.2, 0.25) is 0 Å². The molecule has 3 aliphatic rings. The first-order valence-corrected chi connectivity index (χ1v) is 8.08. The summed E-state index contributed by atoms with van der Waals surface area (Å²) in [6.45, 7) is 3.29. The standard InChI is InChI=1S/C16H30N2/c1-12-3-7-15(8-4-12)18(2)16(11-17)10-13-5-6-14(16)9-13/h12-15H,3-11,17H2,1-2H3. The average Bonchev–Trinajstić information content (AvgIpc) is 2.99. The Bertz CT molecular complexity index is 295. The van der Waals surface area contributed by atoms with E-state index in [1.54, 1.807) is 0 Å². The number of hydrogen-bond donors (Lipinski definition) is 1. The zero-order chi connectivity index (χ0) is 12.8. The molecule has 2 heteroatoms. The van der Waals surface area contributed by atoms with Crippen molar-refractivity contribution in [3.05, 3.63) is 0 Å². The summed E-state index contributed by atoms with van der Waals surface area (Å²) < 4.78 is 0. The first kappa shape index (κ1) is 12.9. The number of fused-ring (bicyclic) bond motifs is 2. The van der Waals surface area contributed by atoms with Crippen LogP contribution < -0.4 is 5.73 Å². The van der Waals surface area contributed by atoms with Crippen LogP contribution in [0.25, 0.3) is 0 Å². The van der Waals surface area contributed by atoms with Crippen LogP contribution in [-0.2, 0) is 0 Å². The van der Waals surface area contributed by atoms with E-state index in [4.69, 9.17) is 5.73 Å². The van der Waals surface area contributed by atoms with Gasteiger partial charge in [-0.2, -0.15) is 0 Å². The fourth-order valence-electron chi connectivity index (χ4n) is 5.23. The molecule has 0 aromatic heterocycles. The highest BCUT2D eigenvalue weighted by atomic mass is 15.2. The maximum absolute atomic E-state index is 6.25. The Morgan fingerprint density at radius 2 is 1.83 bits per heavy atom. The second-order valence-electron chi connectivity index (χ2n) is 7.41. The summed E-state index contributed by atoms with van der Waals surface area (Å²) >= 11 is 0. The van der Waals surface area contributed by atoms with Crippen molar-refractivity contribution in [1.82, 2.24) is 4.90 Å². The maximum Gasteiger partial charge on any atom is 0.0362 e. The second-order valence-corrected chi connectivity index (χ2v) is 7.41. The lowest BCUT2D eigenvalue weighted by molar-refractivity contribution is 0.0108. The molecule has 2 nitrogen and oxygen atoms in total. The third kappa shape index (κ3) is 1.92. The van der Waals surface area contributed by atoms with E-state index in [-0.39, 0.29) is 0 Å². The first-order valence-electron chi connectivity index (χ1n) is 8.08. The van der Waals surface area contributed by atoms with Crippen molar-refractivity contribution in [2.24, 2.45) is 23.5 Å². The van der Waals surface area contributed by atoms with Crippen LogP contribution in [-0.4, -0.2) is 30.1 Å². The third-order valence-electron chi connectivity index (χ3n) is 6.53. The third-order valence-corrected chi connectivity index (χ3v) is 6.53. The average molecular weight is 250 g/mol. The molecule has 104 valence electrons. The van der Waals surface area contributed by atoms with Crippen LogP contribution >= 0.6 is 0 Å². The number of rotatable bonds is 3. The second kappa shape index (κ2) is 4.79. The molecule has 3 aliphatic carbocycles. The summed E-state index contributed by atoms with van der Waals surface area (Å²) in [7, 11) is 2.38. The van der Waals surface area contributed by atoms with Crippen LogP contribution in [0, 0.1) is 17.8 Å². The number of nitrogens with zero attached hydrogens (tertiary/aromatic N) is 1. The molecule has 3 rings (SSSR count). The number of likely N-dealkylation sites (N-methyl/N-ethyl adjacent to an activating group) is 1. The highest BCUT2D eigenvalue weighted by molar-refractivity contribution is 5.08. The summed E-state index contributed by atoms with van der Waals surface area (Å²) in [4.78, 5) is 2.74. The Morgan fingerprint density at radius 1 is 1.11 bits per heavy atom. The molecule has 0 aliphatic heterocycles. The summed E-state index contributed by atoms with van der Waals surface area (Å²) in [6.07, 6.45) is 11.4. The van der Waals surface area contributed by atoms with Crippen molar-refractivity contribution < 1.29 is 0 Å². The summed E-state index contributed by atoms with van der Waals surface area (Å²) in [5.41, 5.74) is 6.62. The Balaban J connectivity index is 1.72. The van der Waals surface area contributed by atoms with E-state index in [1.165, 1.54) is 51.4 Å². The van der Waals surface area contributed by atoms with Gasteiger partial charge in [-0.3, -0.25) is 4.90 Å². The minimum absolute atomic E-state index is 0.369. The van der Waals surface area contributed by atoms with Gasteiger partial charge in [0.1, 0.15) is 0 Å². The molecular formula is C16H30N2. The van der Waals surface area contributed by atoms with Gasteiger partial charge in [0.15, 0.2) is 0 Å². The molecule has 0 saturated heterocycles. The Labute approximate surface area is 112 Å². The summed E-state index contributed by atoms with van der Waals surface area (Å²) in [5, 5.41) is 0. The largest absolute Gasteiger partial charge is 0.329 e. The van der Waals surface area contributed by atoms with Gasteiger partial charge < -0.3 is 5.73 Å². The zero-order valence-electron chi connectivity index (χ0n) is 12.2. The van der Waals surface area contributed by atoms with Crippen molar-refractivity contribution >= 4 is 0 Å². The van der Waals surface area contributed by atoms with Gasteiger partial charge in [-0.05, 0) is 69.7 Å². The van der Waals surface area contributed by atoms with Crippen LogP contribution in [0.4, 0.5) is 0 Å². The van der Waals surface area contributed by atoms with Crippen molar-refractivity contribution in [2.75, 3.05) is 13.6 Å². The minimum atomic E-state index is 0.369. The lowest BCUT2D eigenvalue weighted by Crippen LogP contribution is -2.59. The van der Waals surface area contributed by atoms with Gasteiger partial charge in [0, 0.05) is 18.1 Å². The van der Waals surface area contributed by atoms with Crippen LogP contribution in [0.5, 0.6) is 0 Å². The molecule has 0 aromatic rings. The van der Waals surface area contributed by atoms with Crippen LogP contribution in [0.3, 0.4) is 0 Å². The SMILES string of the molecule is CC1CCC(N(C)C2(CN)CC3CCC2C3)CC1. The Kier molecular flexibility index (Phi) is 3.44. The normalized spacial score (nSPS) is 48.0. The molecule has 0 radical (unpaired) electrons. The summed E-state index contributed by atoms with van der Waals surface area (Å²) in [6, 6.07) is 0.809. The van der Waals surface area contributed by atoms with Crippen LogP contribution in [0.2, 0.25) is 0 Å². The predicted octanol–water partition coefficient (Wildman–Crippen LogP) is 3.01. The van der Waals surface area contributed by atoms with E-state index in [0.717, 1.165) is 30.3 Å². The number of hydrogen-bond acceptors (Lipinski definition) is 2. The van der Waals surface area contributed by atoms with Gasteiger partial charge in [0.25, 0.3) is 0 Å². The molecular weight excluding hydrogens is 220 g/mol. The molecule has 3 atom stereocenters. The van der Waals surface area contributed by atoms with Gasteiger partial charge in [-0.15, -0.1) is 0 Å². The lowest BCUT2D eigenvalue weighted by atomic mass is 9.77. The van der Waals surface area contributed by atoms with Crippen LogP contribution in [0.15, 0.2) is 0 Å². The number of nitrogens with two attached hydrogens (primary N) is 1. The Morgan fingerprint density at radius 3 is 2.33 bits per heavy atom. The molecule has 0 heterocycles. The van der Waals surface area contributed by atoms with E-state index in [0.29, 0.717) is 5.54 Å². The molecule has 3 unspecified atom stereocenters. The first-order chi connectivity index (χ1) is 8.65. The molecule has 2 bridgehead atoms. The van der Waals surface area contributed by atoms with Crippen molar-refractivity contribution in [2.45, 2.75) is 69.9 Å². The Hall–Kier alpha value is -0.0800. The fourth-order valence-corrected chi connectivity index (χ4v) is 5.23. The topological polar surface area (TPSA) is 29.3 Å². The highest BCUT2D eigenvalue weighted by Gasteiger charge is 2.53. The fraction of sp³-hybridized carbons (Fsp3) is 1.00. The predicted molar refractivity (Wildman–Crippen MR) is 76.4 cm³/mol. The van der Waals surface area contributed by atoms with E-state index < -0.39 is 0 Å². The lowest BCUT2D eigenvalue weighted by Gasteiger charge is -2.49. The summed E-state index contributed by atoms with van der Waals surface area (Å²) in [5.74, 6) is 2.84. The molecule has 0 spiro atoms. The molecule has 3 saturated carbocycles. The maximum atomic E-state index is 6.25. The van der Waals surface area contributed by atoms with E-state index in [2.05, 4.69) is 18.9 Å². The highest BCUT2D eigenvalue weighted by Crippen LogP contribution is 2.53. The smallest absolute Gasteiger partial charge is 0.0362 e. The van der Waals surface area contributed by atoms with Crippen LogP contribution in [0.1, 0.15) is 58.3 Å². The van der Waals surface area contributed by atoms with Gasteiger partial charge in [0.05, 0.1) is 0 Å². The zero-order valence-corrected chi connectivity index (χ0v) is 12.2. The van der Waals surface area contributed by atoms with E-state index in [1.807, 2.05) is 0 Å². The van der Waals surface area contributed by atoms with Gasteiger partial charge >= 0.3 is 0 Å². The molecule has 18 heavy (non-hydrogen) atoms. The molecule has 0 amide bonds. The van der Waals surface area contributed by atoms with Crippen molar-refractivity contribution in [3.63, 3.8) is 0 Å². The molecule has 2 N–H and O–H groups in total. The van der Waals surface area contributed by atoms with Gasteiger partial charge in [-0.25, -0.2) is 0 Å². The quantitative estimate of drug-likeness (QED) is 0.834.